The molecule has 2 atom stereocenters. The molecule has 20 heavy (non-hydrogen) atoms. The Balaban J connectivity index is 2.21. The monoisotopic (exact) mass is 292 g/mol. The minimum atomic E-state index is -0.236. The lowest BCUT2D eigenvalue weighted by Gasteiger charge is -2.30. The average molecular weight is 292 g/mol. The maximum absolute atomic E-state index is 13.4. The minimum Gasteiger partial charge on any atom is -0.371 e. The molecule has 4 heteroatoms. The van der Waals surface area contributed by atoms with Crippen molar-refractivity contribution in [2.75, 3.05) is 11.9 Å². The van der Waals surface area contributed by atoms with E-state index in [0.29, 0.717) is 6.04 Å². The van der Waals surface area contributed by atoms with E-state index in [1.165, 1.54) is 17.0 Å². The first kappa shape index (κ1) is 15.0. The van der Waals surface area contributed by atoms with Gasteiger partial charge in [-0.1, -0.05) is 6.07 Å². The summed E-state index contributed by atoms with van der Waals surface area (Å²) in [5.41, 5.74) is 7.82. The topological polar surface area (TPSA) is 29.3 Å². The third-order valence-electron chi connectivity index (χ3n) is 3.60. The number of benzene rings is 1. The van der Waals surface area contributed by atoms with Gasteiger partial charge in [0.2, 0.25) is 0 Å². The molecule has 0 saturated carbocycles. The Kier molecular flexibility index (Phi) is 4.78. The second kappa shape index (κ2) is 6.37. The third kappa shape index (κ3) is 3.38. The summed E-state index contributed by atoms with van der Waals surface area (Å²) in [6.07, 6.45) is 0.976. The summed E-state index contributed by atoms with van der Waals surface area (Å²) in [5, 5.41) is 2.09. The molecule has 2 nitrogen and oxygen atoms in total. The Morgan fingerprint density at radius 2 is 2.05 bits per heavy atom. The van der Waals surface area contributed by atoms with Crippen molar-refractivity contribution < 1.29 is 4.39 Å². The second-order valence-electron chi connectivity index (χ2n) is 5.24. The summed E-state index contributed by atoms with van der Waals surface area (Å²) in [7, 11) is 2.04. The molecule has 0 aliphatic rings. The molecule has 2 N–H and O–H groups in total. The van der Waals surface area contributed by atoms with E-state index in [0.717, 1.165) is 17.7 Å². The van der Waals surface area contributed by atoms with Crippen LogP contribution >= 0.6 is 11.3 Å². The fourth-order valence-corrected chi connectivity index (χ4v) is 3.13. The van der Waals surface area contributed by atoms with Gasteiger partial charge in [-0.05, 0) is 49.1 Å². The van der Waals surface area contributed by atoms with Crippen molar-refractivity contribution in [2.24, 2.45) is 5.73 Å². The van der Waals surface area contributed by atoms with E-state index in [4.69, 9.17) is 5.73 Å². The number of hydrogen-bond acceptors (Lipinski definition) is 3. The van der Waals surface area contributed by atoms with Crippen molar-refractivity contribution in [1.82, 2.24) is 0 Å². The van der Waals surface area contributed by atoms with E-state index < -0.39 is 0 Å². The number of hydrogen-bond donors (Lipinski definition) is 1. The number of rotatable bonds is 5. The van der Waals surface area contributed by atoms with Gasteiger partial charge >= 0.3 is 0 Å². The summed E-state index contributed by atoms with van der Waals surface area (Å²) < 4.78 is 13.4. The highest BCUT2D eigenvalue weighted by atomic mass is 32.1. The molecule has 1 aromatic carbocycles. The van der Waals surface area contributed by atoms with Crippen LogP contribution in [0.4, 0.5) is 10.1 Å². The van der Waals surface area contributed by atoms with E-state index in [9.17, 15) is 4.39 Å². The predicted octanol–water partition coefficient (Wildman–Crippen LogP) is 3.97. The molecule has 0 radical (unpaired) electrons. The largest absolute Gasteiger partial charge is 0.371 e. The number of thiophene rings is 1. The molecular formula is C16H21FN2S. The standard InChI is InChI=1S/C16H21FN2S/c1-11(9-14-5-4-8-20-14)19(3)16-7-6-13(17)10-15(16)12(2)18/h4-8,10-12H,9,18H2,1-3H3/t11?,12-/m0/s1. The van der Waals surface area contributed by atoms with Crippen molar-refractivity contribution in [3.8, 4) is 0 Å². The molecule has 1 unspecified atom stereocenters. The molecular weight excluding hydrogens is 271 g/mol. The van der Waals surface area contributed by atoms with Crippen LogP contribution in [0.15, 0.2) is 35.7 Å². The number of anilines is 1. The van der Waals surface area contributed by atoms with Gasteiger partial charge in [-0.15, -0.1) is 11.3 Å². The molecule has 0 fully saturated rings. The van der Waals surface area contributed by atoms with Crippen LogP contribution in [0.3, 0.4) is 0 Å². The molecule has 1 heterocycles. The summed E-state index contributed by atoms with van der Waals surface area (Å²) >= 11 is 1.77. The highest BCUT2D eigenvalue weighted by Crippen LogP contribution is 2.27. The molecule has 2 aromatic rings. The molecule has 0 aliphatic carbocycles. The van der Waals surface area contributed by atoms with Gasteiger partial charge in [0.05, 0.1) is 0 Å². The molecule has 0 aliphatic heterocycles. The van der Waals surface area contributed by atoms with Crippen LogP contribution in [0.5, 0.6) is 0 Å². The second-order valence-corrected chi connectivity index (χ2v) is 6.27. The molecule has 0 spiro atoms. The quantitative estimate of drug-likeness (QED) is 0.903. The Morgan fingerprint density at radius 3 is 2.65 bits per heavy atom. The number of likely N-dealkylation sites (N-methyl/N-ethyl adjacent to an activating group) is 1. The van der Waals surface area contributed by atoms with Gasteiger partial charge in [0.15, 0.2) is 0 Å². The van der Waals surface area contributed by atoms with Crippen molar-refractivity contribution in [1.29, 1.82) is 0 Å². The molecule has 2 rings (SSSR count). The van der Waals surface area contributed by atoms with Crippen LogP contribution in [-0.4, -0.2) is 13.1 Å². The number of halogens is 1. The number of nitrogens with two attached hydrogens (primary N) is 1. The van der Waals surface area contributed by atoms with Crippen LogP contribution in [0, 0.1) is 5.82 Å². The van der Waals surface area contributed by atoms with E-state index >= 15 is 0 Å². The van der Waals surface area contributed by atoms with E-state index in [2.05, 4.69) is 29.3 Å². The van der Waals surface area contributed by atoms with E-state index in [1.807, 2.05) is 20.0 Å². The first-order valence-corrected chi connectivity index (χ1v) is 7.67. The normalized spacial score (nSPS) is 14.1. The Hall–Kier alpha value is -1.39. The van der Waals surface area contributed by atoms with Gasteiger partial charge in [0, 0.05) is 36.1 Å². The summed E-state index contributed by atoms with van der Waals surface area (Å²) in [5.74, 6) is -0.236. The fourth-order valence-electron chi connectivity index (χ4n) is 2.31. The lowest BCUT2D eigenvalue weighted by Crippen LogP contribution is -2.32. The highest BCUT2D eigenvalue weighted by molar-refractivity contribution is 7.09. The Labute approximate surface area is 124 Å². The average Bonchev–Trinajstić information content (AvgIpc) is 2.90. The minimum absolute atomic E-state index is 0.183. The van der Waals surface area contributed by atoms with Crippen molar-refractivity contribution in [2.45, 2.75) is 32.4 Å². The maximum Gasteiger partial charge on any atom is 0.123 e. The van der Waals surface area contributed by atoms with E-state index in [1.54, 1.807) is 11.3 Å². The SMILES string of the molecule is CC(Cc1cccs1)N(C)c1ccc(F)cc1[C@H](C)N. The predicted molar refractivity (Wildman–Crippen MR) is 84.9 cm³/mol. The van der Waals surface area contributed by atoms with Gasteiger partial charge in [-0.25, -0.2) is 4.39 Å². The molecule has 0 bridgehead atoms. The molecule has 108 valence electrons. The van der Waals surface area contributed by atoms with Crippen molar-refractivity contribution in [3.05, 3.63) is 52.0 Å². The van der Waals surface area contributed by atoms with Crippen LogP contribution in [0.25, 0.3) is 0 Å². The van der Waals surface area contributed by atoms with Gasteiger partial charge in [-0.2, -0.15) is 0 Å². The lowest BCUT2D eigenvalue weighted by molar-refractivity contribution is 0.619. The van der Waals surface area contributed by atoms with Crippen LogP contribution in [0.1, 0.15) is 30.3 Å². The van der Waals surface area contributed by atoms with E-state index in [-0.39, 0.29) is 11.9 Å². The Bertz CT molecular complexity index is 552. The molecule has 1 aromatic heterocycles. The zero-order valence-corrected chi connectivity index (χ0v) is 13.0. The highest BCUT2D eigenvalue weighted by Gasteiger charge is 2.17. The molecule has 0 amide bonds. The van der Waals surface area contributed by atoms with Gasteiger partial charge in [0.1, 0.15) is 5.82 Å². The maximum atomic E-state index is 13.4. The zero-order valence-electron chi connectivity index (χ0n) is 12.1. The Morgan fingerprint density at radius 1 is 1.30 bits per heavy atom. The molecule has 0 saturated heterocycles. The van der Waals surface area contributed by atoms with Gasteiger partial charge < -0.3 is 10.6 Å². The first-order chi connectivity index (χ1) is 9.49. The zero-order chi connectivity index (χ0) is 14.7. The van der Waals surface area contributed by atoms with Crippen molar-refractivity contribution in [3.63, 3.8) is 0 Å². The fraction of sp³-hybridized carbons (Fsp3) is 0.375. The smallest absolute Gasteiger partial charge is 0.123 e. The van der Waals surface area contributed by atoms with Gasteiger partial charge in [0.25, 0.3) is 0 Å². The van der Waals surface area contributed by atoms with Crippen molar-refractivity contribution >= 4 is 17.0 Å². The first-order valence-electron chi connectivity index (χ1n) is 6.79. The van der Waals surface area contributed by atoms with Crippen LogP contribution in [0.2, 0.25) is 0 Å². The van der Waals surface area contributed by atoms with Gasteiger partial charge in [-0.3, -0.25) is 0 Å². The number of nitrogens with zero attached hydrogens (tertiary/aromatic N) is 1. The summed E-state index contributed by atoms with van der Waals surface area (Å²) in [6, 6.07) is 9.21. The van der Waals surface area contributed by atoms with Crippen LogP contribution < -0.4 is 10.6 Å². The summed E-state index contributed by atoms with van der Waals surface area (Å²) in [4.78, 5) is 3.53. The van der Waals surface area contributed by atoms with Crippen LogP contribution in [-0.2, 0) is 6.42 Å². The summed E-state index contributed by atoms with van der Waals surface area (Å²) in [6.45, 7) is 4.06. The third-order valence-corrected chi connectivity index (χ3v) is 4.50. The lowest BCUT2D eigenvalue weighted by atomic mass is 10.0.